The van der Waals surface area contributed by atoms with E-state index < -0.39 is 0 Å². The summed E-state index contributed by atoms with van der Waals surface area (Å²) in [5.41, 5.74) is 2.89. The second-order valence-electron chi connectivity index (χ2n) is 6.30. The van der Waals surface area contributed by atoms with Crippen molar-refractivity contribution in [3.05, 3.63) is 82.3 Å². The topological polar surface area (TPSA) is 41.9 Å². The van der Waals surface area contributed by atoms with Crippen molar-refractivity contribution in [2.45, 2.75) is 26.4 Å². The zero-order valence-electron chi connectivity index (χ0n) is 15.0. The van der Waals surface area contributed by atoms with Crippen molar-refractivity contribution in [2.75, 3.05) is 5.32 Å². The van der Waals surface area contributed by atoms with E-state index in [4.69, 9.17) is 23.8 Å². The lowest BCUT2D eigenvalue weighted by molar-refractivity contribution is 0.623. The minimum atomic E-state index is -0.354. The van der Waals surface area contributed by atoms with E-state index in [1.165, 1.54) is 12.1 Å². The number of rotatable bonds is 5. The highest BCUT2D eigenvalue weighted by Crippen LogP contribution is 2.20. The van der Waals surface area contributed by atoms with Gasteiger partial charge in [-0.15, -0.1) is 0 Å². The predicted octanol–water partition coefficient (Wildman–Crippen LogP) is 5.08. The Balaban J connectivity index is 1.64. The van der Waals surface area contributed by atoms with Crippen LogP contribution in [0.3, 0.4) is 0 Å². The molecule has 0 saturated heterocycles. The third-order valence-corrected chi connectivity index (χ3v) is 4.78. The summed E-state index contributed by atoms with van der Waals surface area (Å²) < 4.78 is 15.0. The molecule has 0 aliphatic heterocycles. The van der Waals surface area contributed by atoms with Gasteiger partial charge in [0, 0.05) is 16.8 Å². The van der Waals surface area contributed by atoms with Gasteiger partial charge in [-0.1, -0.05) is 48.0 Å². The minimum Gasteiger partial charge on any atom is -0.356 e. The molecular formula is C20H20ClFN4S. The maximum Gasteiger partial charge on any atom is 0.172 e. The molecule has 4 nitrogen and oxygen atoms in total. The number of benzene rings is 2. The Kier molecular flexibility index (Phi) is 6.08. The largest absolute Gasteiger partial charge is 0.356 e. The van der Waals surface area contributed by atoms with Gasteiger partial charge >= 0.3 is 0 Å². The Bertz CT molecular complexity index is 942. The lowest BCUT2D eigenvalue weighted by Crippen LogP contribution is -2.31. The molecule has 2 N–H and O–H groups in total. The molecule has 0 saturated carbocycles. The second-order valence-corrected chi connectivity index (χ2v) is 7.11. The number of nitrogens with one attached hydrogen (secondary N) is 2. The van der Waals surface area contributed by atoms with Crippen molar-refractivity contribution >= 4 is 34.7 Å². The Morgan fingerprint density at radius 2 is 1.96 bits per heavy atom. The lowest BCUT2D eigenvalue weighted by Gasteiger charge is -2.16. The fourth-order valence-electron chi connectivity index (χ4n) is 2.72. The van der Waals surface area contributed by atoms with Crippen LogP contribution in [0.25, 0.3) is 0 Å². The fraction of sp³-hybridized carbons (Fsp3) is 0.200. The summed E-state index contributed by atoms with van der Waals surface area (Å²) in [7, 11) is 0. The number of hydrogen-bond donors (Lipinski definition) is 2. The Labute approximate surface area is 168 Å². The number of anilines is 1. The van der Waals surface area contributed by atoms with Gasteiger partial charge in [0.15, 0.2) is 10.9 Å². The van der Waals surface area contributed by atoms with E-state index in [1.807, 2.05) is 50.2 Å². The van der Waals surface area contributed by atoms with Crippen LogP contribution in [-0.2, 0) is 6.54 Å². The van der Waals surface area contributed by atoms with Crippen molar-refractivity contribution < 1.29 is 4.39 Å². The average Bonchev–Trinajstić information content (AvgIpc) is 2.97. The minimum absolute atomic E-state index is 0.0763. The molecule has 0 amide bonds. The van der Waals surface area contributed by atoms with Crippen molar-refractivity contribution in [1.82, 2.24) is 15.1 Å². The quantitative estimate of drug-likeness (QED) is 0.584. The summed E-state index contributed by atoms with van der Waals surface area (Å²) in [5.74, 6) is 0.288. The monoisotopic (exact) mass is 402 g/mol. The molecule has 1 heterocycles. The molecule has 0 aliphatic rings. The smallest absolute Gasteiger partial charge is 0.172 e. The van der Waals surface area contributed by atoms with Crippen LogP contribution in [0, 0.1) is 12.7 Å². The molecule has 1 aromatic heterocycles. The number of hydrogen-bond acceptors (Lipinski definition) is 2. The molecule has 27 heavy (non-hydrogen) atoms. The standard InChI is InChI=1S/C20H20ClFN4S/c1-13-10-19(24-20(27)23-14(2)15-6-4-3-5-7-15)25-26(13)12-16-8-9-17(22)11-18(16)21/h3-11,14H,12H2,1-2H3,(H2,23,24,25,27). The van der Waals surface area contributed by atoms with Crippen LogP contribution >= 0.6 is 23.8 Å². The van der Waals surface area contributed by atoms with Gasteiger partial charge in [0.1, 0.15) is 5.82 Å². The van der Waals surface area contributed by atoms with Crippen LogP contribution in [0.4, 0.5) is 10.2 Å². The van der Waals surface area contributed by atoms with Gasteiger partial charge in [0.2, 0.25) is 0 Å². The van der Waals surface area contributed by atoms with Gasteiger partial charge in [-0.05, 0) is 49.3 Å². The Hall–Kier alpha value is -2.44. The molecular weight excluding hydrogens is 383 g/mol. The molecule has 1 unspecified atom stereocenters. The highest BCUT2D eigenvalue weighted by Gasteiger charge is 2.11. The van der Waals surface area contributed by atoms with Gasteiger partial charge in [-0.3, -0.25) is 4.68 Å². The normalized spacial score (nSPS) is 11.9. The van der Waals surface area contributed by atoms with E-state index in [2.05, 4.69) is 15.7 Å². The van der Waals surface area contributed by atoms with E-state index >= 15 is 0 Å². The van der Waals surface area contributed by atoms with Crippen molar-refractivity contribution in [3.8, 4) is 0 Å². The maximum absolute atomic E-state index is 13.2. The van der Waals surface area contributed by atoms with Crippen molar-refractivity contribution in [3.63, 3.8) is 0 Å². The highest BCUT2D eigenvalue weighted by molar-refractivity contribution is 7.80. The number of aromatic nitrogens is 2. The Morgan fingerprint density at radius 1 is 1.22 bits per heavy atom. The first-order chi connectivity index (χ1) is 12.9. The van der Waals surface area contributed by atoms with Crippen molar-refractivity contribution in [2.24, 2.45) is 0 Å². The molecule has 1 atom stereocenters. The molecule has 0 radical (unpaired) electrons. The summed E-state index contributed by atoms with van der Waals surface area (Å²) in [6.07, 6.45) is 0. The van der Waals surface area contributed by atoms with Crippen LogP contribution in [0.1, 0.15) is 29.8 Å². The highest BCUT2D eigenvalue weighted by atomic mass is 35.5. The zero-order chi connectivity index (χ0) is 19.4. The molecule has 3 aromatic rings. The first kappa shape index (κ1) is 19.3. The molecule has 0 aliphatic carbocycles. The van der Waals surface area contributed by atoms with E-state index in [1.54, 1.807) is 10.7 Å². The molecule has 7 heteroatoms. The van der Waals surface area contributed by atoms with Crippen molar-refractivity contribution in [1.29, 1.82) is 0 Å². The lowest BCUT2D eigenvalue weighted by atomic mass is 10.1. The third-order valence-electron chi connectivity index (χ3n) is 4.21. The van der Waals surface area contributed by atoms with Crippen LogP contribution in [0.2, 0.25) is 5.02 Å². The number of aryl methyl sites for hydroxylation is 1. The average molecular weight is 403 g/mol. The third kappa shape index (κ3) is 5.05. The molecule has 2 aromatic carbocycles. The molecule has 3 rings (SSSR count). The summed E-state index contributed by atoms with van der Waals surface area (Å²) >= 11 is 11.5. The SMILES string of the molecule is Cc1cc(NC(=S)NC(C)c2ccccc2)nn1Cc1ccc(F)cc1Cl. The fourth-order valence-corrected chi connectivity index (χ4v) is 3.22. The van der Waals surface area contributed by atoms with Crippen LogP contribution in [-0.4, -0.2) is 14.9 Å². The zero-order valence-corrected chi connectivity index (χ0v) is 16.6. The van der Waals surface area contributed by atoms with E-state index in [9.17, 15) is 4.39 Å². The summed E-state index contributed by atoms with van der Waals surface area (Å²) in [6.45, 7) is 4.44. The maximum atomic E-state index is 13.2. The summed E-state index contributed by atoms with van der Waals surface area (Å²) in [4.78, 5) is 0. The first-order valence-corrected chi connectivity index (χ1v) is 9.32. The van der Waals surface area contributed by atoms with Gasteiger partial charge in [-0.2, -0.15) is 5.10 Å². The Morgan fingerprint density at radius 3 is 2.67 bits per heavy atom. The van der Waals surface area contributed by atoms with Crippen LogP contribution < -0.4 is 10.6 Å². The second kappa shape index (κ2) is 8.50. The van der Waals surface area contributed by atoms with E-state index in [0.29, 0.717) is 22.5 Å². The number of thiocarbonyl (C=S) groups is 1. The van der Waals surface area contributed by atoms with Crippen LogP contribution in [0.15, 0.2) is 54.6 Å². The van der Waals surface area contributed by atoms with Crippen LogP contribution in [0.5, 0.6) is 0 Å². The van der Waals surface area contributed by atoms with Gasteiger partial charge in [0.05, 0.1) is 12.6 Å². The molecule has 0 spiro atoms. The van der Waals surface area contributed by atoms with E-state index in [-0.39, 0.29) is 11.9 Å². The van der Waals surface area contributed by atoms with Gasteiger partial charge in [0.25, 0.3) is 0 Å². The molecule has 0 bridgehead atoms. The number of nitrogens with zero attached hydrogens (tertiary/aromatic N) is 2. The summed E-state index contributed by atoms with van der Waals surface area (Å²) in [6, 6.07) is 16.4. The van der Waals surface area contributed by atoms with Gasteiger partial charge < -0.3 is 10.6 Å². The first-order valence-electron chi connectivity index (χ1n) is 8.53. The summed E-state index contributed by atoms with van der Waals surface area (Å²) in [5, 5.41) is 11.7. The number of halogens is 2. The van der Waals surface area contributed by atoms with E-state index in [0.717, 1.165) is 16.8 Å². The molecule has 0 fully saturated rings. The van der Waals surface area contributed by atoms with Gasteiger partial charge in [-0.25, -0.2) is 4.39 Å². The predicted molar refractivity (Wildman–Crippen MR) is 112 cm³/mol. The molecule has 140 valence electrons.